The van der Waals surface area contributed by atoms with Gasteiger partial charge in [-0.05, 0) is 91.0 Å². The molecule has 0 unspecified atom stereocenters. The lowest BCUT2D eigenvalue weighted by atomic mass is 9.86. The third kappa shape index (κ3) is 6.12. The van der Waals surface area contributed by atoms with Crippen molar-refractivity contribution in [1.29, 1.82) is 0 Å². The fraction of sp³-hybridized carbons (Fsp3) is 0. The second-order valence-corrected chi connectivity index (χ2v) is 15.6. The highest BCUT2D eigenvalue weighted by molar-refractivity contribution is 7.43. The average molecular weight is 733 g/mol. The van der Waals surface area contributed by atoms with Crippen LogP contribution in [0.4, 0.5) is 0 Å². The predicted octanol–water partition coefficient (Wildman–Crippen LogP) is 13.9. The van der Waals surface area contributed by atoms with Gasteiger partial charge in [0.1, 0.15) is 0 Å². The Hall–Kier alpha value is -6.44. The molecule has 54 heavy (non-hydrogen) atoms. The quantitative estimate of drug-likeness (QED) is 0.186. The molecule has 2 N–H and O–H groups in total. The topological polar surface area (TPSA) is 74.6 Å². The lowest BCUT2D eigenvalue weighted by Crippen LogP contribution is -2.07. The van der Waals surface area contributed by atoms with Crippen molar-refractivity contribution in [3.05, 3.63) is 181 Å². The second kappa shape index (κ2) is 13.8. The van der Waals surface area contributed by atoms with Crippen molar-refractivity contribution in [2.24, 2.45) is 0 Å². The van der Waals surface area contributed by atoms with Gasteiger partial charge in [0.05, 0.1) is 11.1 Å². The highest BCUT2D eigenvalue weighted by Gasteiger charge is 2.24. The number of rotatable bonds is 2. The number of hydrogen-bond donors (Lipinski definition) is 2. The van der Waals surface area contributed by atoms with Crippen molar-refractivity contribution in [2.45, 2.75) is 0 Å². The summed E-state index contributed by atoms with van der Waals surface area (Å²) in [5.41, 5.74) is 9.75. The summed E-state index contributed by atoms with van der Waals surface area (Å²) in [6, 6.07) is 56.4. The van der Waals surface area contributed by atoms with Gasteiger partial charge in [-0.15, -0.1) is 0 Å². The van der Waals surface area contributed by atoms with E-state index in [1.54, 1.807) is 36.4 Å². The first kappa shape index (κ1) is 33.4. The van der Waals surface area contributed by atoms with Crippen molar-refractivity contribution in [3.8, 4) is 87.9 Å². The van der Waals surface area contributed by atoms with E-state index in [1.165, 1.54) is 21.2 Å². The SMILES string of the molecule is O=C(O)c1c2cccc1-c1cccc(c1C(=O)O)-c1ccc(cc1)-c1ccc(cc1)-c1cccc(p1)-c1cccc(p1)-c1ccc(cc1)-c1ccc-2cc1. The zero-order valence-electron chi connectivity index (χ0n) is 28.8. The van der Waals surface area contributed by atoms with Gasteiger partial charge in [-0.2, -0.15) is 0 Å². The maximum Gasteiger partial charge on any atom is 0.336 e. The standard InChI is InChI=1S/C48H30O4P2/c49-47(50)45-37-5-1-7-39(45)40-8-2-6-38(46(40)48(51)52)34-23-15-30(16-24-34)32-19-27-36(28-20-32)42-10-4-12-44(54-42)43-11-3-9-41(53-43)35-25-17-31(18-26-35)29-13-21-33(37)22-14-29/h1-28H,(H,49,50)(H,51,52). The maximum absolute atomic E-state index is 13.0. The summed E-state index contributed by atoms with van der Waals surface area (Å²) in [6.45, 7) is 0. The Morgan fingerprint density at radius 3 is 0.889 bits per heavy atom. The van der Waals surface area contributed by atoms with Crippen LogP contribution in [0.25, 0.3) is 87.9 Å². The van der Waals surface area contributed by atoms with Gasteiger partial charge in [0.15, 0.2) is 0 Å². The molecule has 0 atom stereocenters. The summed E-state index contributed by atoms with van der Waals surface area (Å²) in [4.78, 5) is 26.0. The number of aromatic carboxylic acids is 2. The van der Waals surface area contributed by atoms with E-state index in [9.17, 15) is 19.8 Å². The molecule has 0 saturated heterocycles. The monoisotopic (exact) mass is 732 g/mol. The minimum Gasteiger partial charge on any atom is -0.478 e. The number of carboxylic acids is 2. The molecule has 9 heterocycles. The summed E-state index contributed by atoms with van der Waals surface area (Å²) < 4.78 is 0. The molecule has 6 aromatic carbocycles. The van der Waals surface area contributed by atoms with Gasteiger partial charge in [-0.25, -0.2) is 9.59 Å². The van der Waals surface area contributed by atoms with Crippen LogP contribution in [0.15, 0.2) is 170 Å². The third-order valence-electron chi connectivity index (χ3n) is 10.0. The molecule has 7 aliphatic heterocycles. The fourth-order valence-corrected chi connectivity index (χ4v) is 9.72. The molecule has 0 radical (unpaired) electrons. The average Bonchev–Trinajstić information content (AvgIpc) is 3.23. The van der Waals surface area contributed by atoms with Crippen LogP contribution >= 0.6 is 16.4 Å². The molecule has 0 aliphatic carbocycles. The Morgan fingerprint density at radius 2 is 0.556 bits per heavy atom. The van der Waals surface area contributed by atoms with Crippen LogP contribution in [-0.4, -0.2) is 22.2 Å². The molecule has 15 rings (SSSR count). The third-order valence-corrected chi connectivity index (χ3v) is 12.8. The molecule has 6 heteroatoms. The van der Waals surface area contributed by atoms with Gasteiger partial charge >= 0.3 is 11.9 Å². The number of hydrogen-bond acceptors (Lipinski definition) is 2. The highest BCUT2D eigenvalue weighted by atomic mass is 31.0. The first-order chi connectivity index (χ1) is 26.4. The minimum absolute atomic E-state index is 0.0550. The first-order valence-electron chi connectivity index (χ1n) is 17.5. The number of carbonyl (C=O) groups is 2. The number of benzene rings is 6. The van der Waals surface area contributed by atoms with Crippen LogP contribution < -0.4 is 0 Å². The van der Waals surface area contributed by atoms with Crippen LogP contribution in [0, 0.1) is 0 Å². The van der Waals surface area contributed by atoms with Gasteiger partial charge in [-0.1, -0.05) is 162 Å². The number of carboxylic acid groups (broad SMARTS) is 2. The van der Waals surface area contributed by atoms with E-state index in [1.807, 2.05) is 48.5 Å². The predicted molar refractivity (Wildman–Crippen MR) is 222 cm³/mol. The molecular formula is C48H30O4P2. The molecule has 0 saturated carbocycles. The molecule has 0 amide bonds. The Balaban J connectivity index is 1.23. The van der Waals surface area contributed by atoms with E-state index >= 15 is 0 Å². The molecule has 2 aromatic heterocycles. The van der Waals surface area contributed by atoms with E-state index in [4.69, 9.17) is 0 Å². The lowest BCUT2D eigenvalue weighted by Gasteiger charge is -2.17. The molecule has 256 valence electrons. The Labute approximate surface area is 315 Å². The summed E-state index contributed by atoms with van der Waals surface area (Å²) in [5.74, 6) is -2.25. The van der Waals surface area contributed by atoms with E-state index in [0.717, 1.165) is 60.9 Å². The molecule has 16 bridgehead atoms. The molecule has 4 nitrogen and oxygen atoms in total. The van der Waals surface area contributed by atoms with Gasteiger partial charge in [-0.3, -0.25) is 0 Å². The molecule has 0 fully saturated rings. The van der Waals surface area contributed by atoms with Crippen molar-refractivity contribution in [1.82, 2.24) is 0 Å². The van der Waals surface area contributed by atoms with Gasteiger partial charge in [0.2, 0.25) is 0 Å². The maximum atomic E-state index is 13.0. The van der Waals surface area contributed by atoms with Crippen LogP contribution in [0.5, 0.6) is 0 Å². The fourth-order valence-electron chi connectivity index (χ4n) is 7.32. The van der Waals surface area contributed by atoms with E-state index in [0.29, 0.717) is 22.3 Å². The molecular weight excluding hydrogens is 702 g/mol. The zero-order valence-corrected chi connectivity index (χ0v) is 30.6. The summed E-state index contributed by atoms with van der Waals surface area (Å²) in [6.07, 6.45) is 0. The Morgan fingerprint density at radius 1 is 0.296 bits per heavy atom. The largest absolute Gasteiger partial charge is 0.478 e. The molecule has 8 aromatic rings. The summed E-state index contributed by atoms with van der Waals surface area (Å²) in [5, 5.41) is 26.3. The lowest BCUT2D eigenvalue weighted by molar-refractivity contribution is 0.0685. The van der Waals surface area contributed by atoms with Gasteiger partial charge in [0, 0.05) is 21.2 Å². The molecule has 7 aliphatic rings. The van der Waals surface area contributed by atoms with E-state index in [2.05, 4.69) is 84.9 Å². The summed E-state index contributed by atoms with van der Waals surface area (Å²) in [7, 11) is 2.32. The van der Waals surface area contributed by atoms with Crippen LogP contribution in [0.2, 0.25) is 0 Å². The van der Waals surface area contributed by atoms with Crippen molar-refractivity contribution in [3.63, 3.8) is 0 Å². The highest BCUT2D eigenvalue weighted by Crippen LogP contribution is 2.44. The van der Waals surface area contributed by atoms with Crippen LogP contribution in [0.3, 0.4) is 0 Å². The van der Waals surface area contributed by atoms with Crippen LogP contribution in [-0.2, 0) is 0 Å². The van der Waals surface area contributed by atoms with Gasteiger partial charge < -0.3 is 10.2 Å². The molecule has 0 spiro atoms. The van der Waals surface area contributed by atoms with Gasteiger partial charge in [0.25, 0.3) is 0 Å². The zero-order chi connectivity index (χ0) is 36.8. The van der Waals surface area contributed by atoms with E-state index in [-0.39, 0.29) is 11.1 Å². The summed E-state index contributed by atoms with van der Waals surface area (Å²) >= 11 is 0. The normalized spacial score (nSPS) is 11.6. The van der Waals surface area contributed by atoms with Crippen molar-refractivity contribution < 1.29 is 19.8 Å². The van der Waals surface area contributed by atoms with Crippen LogP contribution in [0.1, 0.15) is 20.7 Å². The Bertz CT molecular complexity index is 2540. The smallest absolute Gasteiger partial charge is 0.336 e. The van der Waals surface area contributed by atoms with Crippen molar-refractivity contribution >= 4 is 28.3 Å². The van der Waals surface area contributed by atoms with Crippen molar-refractivity contribution in [2.75, 3.05) is 0 Å². The minimum atomic E-state index is -1.13. The second-order valence-electron chi connectivity index (χ2n) is 13.2. The Kier molecular flexibility index (Phi) is 8.56. The first-order valence-corrected chi connectivity index (χ1v) is 19.3. The van der Waals surface area contributed by atoms with E-state index < -0.39 is 11.9 Å².